The summed E-state index contributed by atoms with van der Waals surface area (Å²) in [6.45, 7) is 4.03. The summed E-state index contributed by atoms with van der Waals surface area (Å²) in [4.78, 5) is 4.67. The molecule has 1 aromatic rings. The summed E-state index contributed by atoms with van der Waals surface area (Å²) in [6.07, 6.45) is 0.809. The van der Waals surface area contributed by atoms with Crippen molar-refractivity contribution in [3.05, 3.63) is 28.8 Å². The van der Waals surface area contributed by atoms with E-state index in [9.17, 15) is 5.11 Å². The minimum atomic E-state index is 0.127. The van der Waals surface area contributed by atoms with Crippen LogP contribution in [0.1, 0.15) is 12.0 Å². The Morgan fingerprint density at radius 2 is 2.16 bits per heavy atom. The molecule has 0 bridgehead atoms. The van der Waals surface area contributed by atoms with Gasteiger partial charge >= 0.3 is 0 Å². The molecule has 1 atom stereocenters. The molecule has 4 nitrogen and oxygen atoms in total. The van der Waals surface area contributed by atoms with Crippen molar-refractivity contribution in [3.8, 4) is 5.75 Å². The van der Waals surface area contributed by atoms with Crippen LogP contribution in [0.15, 0.2) is 18.2 Å². The number of phenols is 1. The number of hydrogen-bond acceptors (Lipinski definition) is 4. The van der Waals surface area contributed by atoms with Crippen LogP contribution in [0.4, 0.5) is 0 Å². The zero-order valence-corrected chi connectivity index (χ0v) is 12.0. The van der Waals surface area contributed by atoms with Crippen molar-refractivity contribution in [2.24, 2.45) is 0 Å². The lowest BCUT2D eigenvalue weighted by Crippen LogP contribution is -2.51. The molecule has 19 heavy (non-hydrogen) atoms. The number of halogens is 1. The summed E-state index contributed by atoms with van der Waals surface area (Å²) in [5, 5.41) is 18.9. The van der Waals surface area contributed by atoms with Crippen molar-refractivity contribution in [2.45, 2.75) is 19.0 Å². The second-order valence-corrected chi connectivity index (χ2v) is 5.57. The van der Waals surface area contributed by atoms with Crippen molar-refractivity contribution in [2.75, 3.05) is 33.3 Å². The number of nitrogens with zero attached hydrogens (tertiary/aromatic N) is 2. The summed E-state index contributed by atoms with van der Waals surface area (Å²) >= 11 is 5.92. The monoisotopic (exact) mass is 284 g/mol. The van der Waals surface area contributed by atoms with Gasteiger partial charge in [0.1, 0.15) is 5.75 Å². The lowest BCUT2D eigenvalue weighted by Gasteiger charge is -2.39. The molecular formula is C14H21ClN2O2. The number of aliphatic hydroxyl groups excluding tert-OH is 1. The van der Waals surface area contributed by atoms with Gasteiger partial charge in [-0.2, -0.15) is 0 Å². The molecule has 1 heterocycles. The Balaban J connectivity index is 1.97. The molecule has 0 aliphatic carbocycles. The summed E-state index contributed by atoms with van der Waals surface area (Å²) in [5.41, 5.74) is 1.11. The fourth-order valence-electron chi connectivity index (χ4n) is 2.52. The molecule has 0 spiro atoms. The van der Waals surface area contributed by atoms with Gasteiger partial charge < -0.3 is 15.1 Å². The average molecular weight is 285 g/mol. The van der Waals surface area contributed by atoms with Crippen LogP contribution < -0.4 is 0 Å². The second kappa shape index (κ2) is 6.57. The van der Waals surface area contributed by atoms with E-state index in [-0.39, 0.29) is 12.4 Å². The van der Waals surface area contributed by atoms with E-state index in [1.165, 1.54) is 0 Å². The van der Waals surface area contributed by atoms with Crippen LogP contribution >= 0.6 is 11.6 Å². The largest absolute Gasteiger partial charge is 0.506 e. The lowest BCUT2D eigenvalue weighted by atomic mass is 10.1. The van der Waals surface area contributed by atoms with E-state index in [0.717, 1.165) is 38.2 Å². The Labute approximate surface area is 119 Å². The molecule has 2 N–H and O–H groups in total. The Morgan fingerprint density at radius 3 is 2.84 bits per heavy atom. The van der Waals surface area contributed by atoms with Crippen LogP contribution in [0.3, 0.4) is 0 Å². The molecule has 1 aliphatic rings. The van der Waals surface area contributed by atoms with Crippen LogP contribution in [-0.4, -0.2) is 59.3 Å². The number of hydrogen-bond donors (Lipinski definition) is 2. The fraction of sp³-hybridized carbons (Fsp3) is 0.571. The maximum atomic E-state index is 9.42. The van der Waals surface area contributed by atoms with Gasteiger partial charge in [-0.3, -0.25) is 4.90 Å². The standard InChI is InChI=1S/C14H21ClN2O2/c1-16-5-6-17(10-12(16)4-7-18)9-11-2-3-14(19)13(15)8-11/h2-3,8,12,18-19H,4-7,9-10H2,1H3. The maximum Gasteiger partial charge on any atom is 0.134 e. The number of aromatic hydroxyl groups is 1. The van der Waals surface area contributed by atoms with Crippen molar-refractivity contribution in [3.63, 3.8) is 0 Å². The third kappa shape index (κ3) is 3.83. The first kappa shape index (κ1) is 14.6. The minimum Gasteiger partial charge on any atom is -0.506 e. The Kier molecular flexibility index (Phi) is 5.05. The van der Waals surface area contributed by atoms with Gasteiger partial charge in [0.05, 0.1) is 5.02 Å². The zero-order chi connectivity index (χ0) is 13.8. The number of benzene rings is 1. The molecule has 1 unspecified atom stereocenters. The molecule has 0 saturated carbocycles. The number of likely N-dealkylation sites (N-methyl/N-ethyl adjacent to an activating group) is 1. The third-order valence-corrected chi connectivity index (χ3v) is 4.04. The molecule has 1 aromatic carbocycles. The minimum absolute atomic E-state index is 0.127. The molecule has 0 radical (unpaired) electrons. The summed E-state index contributed by atoms with van der Waals surface area (Å²) in [7, 11) is 2.11. The molecule has 1 saturated heterocycles. The van der Waals surface area contributed by atoms with Gasteiger partial charge in [0.25, 0.3) is 0 Å². The highest BCUT2D eigenvalue weighted by Crippen LogP contribution is 2.24. The fourth-order valence-corrected chi connectivity index (χ4v) is 2.72. The van der Waals surface area contributed by atoms with Gasteiger partial charge in [-0.25, -0.2) is 0 Å². The molecule has 106 valence electrons. The molecule has 1 aliphatic heterocycles. The first-order valence-electron chi connectivity index (χ1n) is 6.61. The predicted octanol–water partition coefficient (Wildman–Crippen LogP) is 1.54. The second-order valence-electron chi connectivity index (χ2n) is 5.17. The van der Waals surface area contributed by atoms with Crippen LogP contribution in [0.25, 0.3) is 0 Å². The van der Waals surface area contributed by atoms with Crippen LogP contribution in [0.2, 0.25) is 5.02 Å². The Morgan fingerprint density at radius 1 is 1.37 bits per heavy atom. The first-order chi connectivity index (χ1) is 9.10. The first-order valence-corrected chi connectivity index (χ1v) is 6.99. The topological polar surface area (TPSA) is 46.9 Å². The lowest BCUT2D eigenvalue weighted by molar-refractivity contribution is 0.0743. The highest BCUT2D eigenvalue weighted by molar-refractivity contribution is 6.32. The van der Waals surface area contributed by atoms with Crippen LogP contribution in [0.5, 0.6) is 5.75 Å². The van der Waals surface area contributed by atoms with Gasteiger partial charge in [0.15, 0.2) is 0 Å². The van der Waals surface area contributed by atoms with Crippen molar-refractivity contribution in [1.82, 2.24) is 9.80 Å². The van der Waals surface area contributed by atoms with Crippen LogP contribution in [0, 0.1) is 0 Å². The quantitative estimate of drug-likeness (QED) is 0.881. The van der Waals surface area contributed by atoms with Gasteiger partial charge in [0.2, 0.25) is 0 Å². The SMILES string of the molecule is CN1CCN(Cc2ccc(O)c(Cl)c2)CC1CCO. The van der Waals surface area contributed by atoms with E-state index < -0.39 is 0 Å². The molecule has 0 amide bonds. The van der Waals surface area contributed by atoms with E-state index in [1.807, 2.05) is 12.1 Å². The normalized spacial score (nSPS) is 21.7. The predicted molar refractivity (Wildman–Crippen MR) is 76.5 cm³/mol. The van der Waals surface area contributed by atoms with E-state index in [1.54, 1.807) is 6.07 Å². The van der Waals surface area contributed by atoms with Crippen molar-refractivity contribution in [1.29, 1.82) is 0 Å². The number of phenolic OH excluding ortho intramolecular Hbond substituents is 1. The smallest absolute Gasteiger partial charge is 0.134 e. The molecule has 0 aromatic heterocycles. The van der Waals surface area contributed by atoms with E-state index in [2.05, 4.69) is 16.8 Å². The van der Waals surface area contributed by atoms with Gasteiger partial charge in [-0.1, -0.05) is 17.7 Å². The summed E-state index contributed by atoms with van der Waals surface area (Å²) in [5.74, 6) is 0.127. The molecule has 2 rings (SSSR count). The number of rotatable bonds is 4. The average Bonchev–Trinajstić information content (AvgIpc) is 2.38. The molecular weight excluding hydrogens is 264 g/mol. The van der Waals surface area contributed by atoms with Crippen LogP contribution in [-0.2, 0) is 6.54 Å². The molecule has 1 fully saturated rings. The number of aliphatic hydroxyl groups is 1. The maximum absolute atomic E-state index is 9.42. The Bertz CT molecular complexity index is 428. The Hall–Kier alpha value is -0.810. The van der Waals surface area contributed by atoms with Gasteiger partial charge in [-0.15, -0.1) is 0 Å². The van der Waals surface area contributed by atoms with Gasteiger partial charge in [-0.05, 0) is 31.2 Å². The highest BCUT2D eigenvalue weighted by atomic mass is 35.5. The highest BCUT2D eigenvalue weighted by Gasteiger charge is 2.23. The third-order valence-electron chi connectivity index (χ3n) is 3.74. The van der Waals surface area contributed by atoms with Crippen molar-refractivity contribution < 1.29 is 10.2 Å². The van der Waals surface area contributed by atoms with E-state index in [4.69, 9.17) is 16.7 Å². The van der Waals surface area contributed by atoms with Crippen molar-refractivity contribution >= 4 is 11.6 Å². The van der Waals surface area contributed by atoms with E-state index >= 15 is 0 Å². The summed E-state index contributed by atoms with van der Waals surface area (Å²) < 4.78 is 0. The van der Waals surface area contributed by atoms with E-state index in [0.29, 0.717) is 11.1 Å². The molecule has 5 heteroatoms. The van der Waals surface area contributed by atoms with Gasteiger partial charge in [0, 0.05) is 38.8 Å². The summed E-state index contributed by atoms with van der Waals surface area (Å²) in [6, 6.07) is 5.77. The zero-order valence-electron chi connectivity index (χ0n) is 11.2. The number of piperazine rings is 1.